The summed E-state index contributed by atoms with van der Waals surface area (Å²) in [5.74, 6) is -0.467. The molecule has 6 aromatic rings. The third-order valence-corrected chi connectivity index (χ3v) is 7.04. The molecule has 43 heavy (non-hydrogen) atoms. The molecule has 6 rings (SSSR count). The monoisotopic (exact) mass is 626 g/mol. The van der Waals surface area contributed by atoms with E-state index in [1.54, 1.807) is 60.7 Å². The molecule has 1 aromatic heterocycles. The highest BCUT2D eigenvalue weighted by molar-refractivity contribution is 9.10. The molecule has 1 amide bonds. The SMILES string of the molecule is O=C(N/N=C\c1ccc(OC(=O)c2ccc3nc(-c4ccccc4)c(-c4ccccc4)nc3c2)cc1)c1cccc(Br)c1. The van der Waals surface area contributed by atoms with E-state index in [1.165, 1.54) is 6.21 Å². The molecule has 0 radical (unpaired) electrons. The maximum absolute atomic E-state index is 13.0. The molecule has 0 spiro atoms. The highest BCUT2D eigenvalue weighted by Crippen LogP contribution is 2.31. The zero-order valence-corrected chi connectivity index (χ0v) is 24.2. The summed E-state index contributed by atoms with van der Waals surface area (Å²) in [6.07, 6.45) is 1.51. The molecule has 7 nitrogen and oxygen atoms in total. The Kier molecular flexibility index (Phi) is 8.10. The van der Waals surface area contributed by atoms with Crippen molar-refractivity contribution in [1.82, 2.24) is 15.4 Å². The van der Waals surface area contributed by atoms with Crippen LogP contribution in [0.2, 0.25) is 0 Å². The van der Waals surface area contributed by atoms with Crippen LogP contribution < -0.4 is 10.2 Å². The maximum atomic E-state index is 13.0. The van der Waals surface area contributed by atoms with Crippen LogP contribution in [0.25, 0.3) is 33.5 Å². The summed E-state index contributed by atoms with van der Waals surface area (Å²) < 4.78 is 6.42. The number of nitrogens with one attached hydrogen (secondary N) is 1. The summed E-state index contributed by atoms with van der Waals surface area (Å²) in [6.45, 7) is 0. The summed E-state index contributed by atoms with van der Waals surface area (Å²) in [4.78, 5) is 35.1. The maximum Gasteiger partial charge on any atom is 0.343 e. The number of carbonyl (C=O) groups excluding carboxylic acids is 2. The molecular weight excluding hydrogens is 604 g/mol. The third-order valence-electron chi connectivity index (χ3n) is 6.55. The van der Waals surface area contributed by atoms with Crippen LogP contribution in [-0.4, -0.2) is 28.1 Å². The van der Waals surface area contributed by atoms with Gasteiger partial charge in [0.25, 0.3) is 5.91 Å². The fourth-order valence-corrected chi connectivity index (χ4v) is 4.82. The van der Waals surface area contributed by atoms with E-state index in [4.69, 9.17) is 14.7 Å². The van der Waals surface area contributed by atoms with Gasteiger partial charge in [-0.05, 0) is 66.2 Å². The van der Waals surface area contributed by atoms with E-state index in [0.29, 0.717) is 27.9 Å². The molecule has 5 aromatic carbocycles. The number of fused-ring (bicyclic) bond motifs is 1. The number of nitrogens with zero attached hydrogens (tertiary/aromatic N) is 3. The number of aromatic nitrogens is 2. The lowest BCUT2D eigenvalue weighted by Crippen LogP contribution is -2.17. The first-order valence-electron chi connectivity index (χ1n) is 13.4. The third kappa shape index (κ3) is 6.55. The average molecular weight is 627 g/mol. The molecule has 8 heteroatoms. The fraction of sp³-hybridized carbons (Fsp3) is 0. The van der Waals surface area contributed by atoms with Gasteiger partial charge < -0.3 is 4.74 Å². The van der Waals surface area contributed by atoms with Gasteiger partial charge in [0.05, 0.1) is 34.2 Å². The molecule has 0 aliphatic heterocycles. The smallest absolute Gasteiger partial charge is 0.343 e. The predicted molar refractivity (Wildman–Crippen MR) is 171 cm³/mol. The average Bonchev–Trinajstić information content (AvgIpc) is 3.05. The van der Waals surface area contributed by atoms with Gasteiger partial charge >= 0.3 is 5.97 Å². The van der Waals surface area contributed by atoms with Gasteiger partial charge in [0.1, 0.15) is 5.75 Å². The molecule has 0 aliphatic rings. The van der Waals surface area contributed by atoms with Crippen LogP contribution in [0.5, 0.6) is 5.75 Å². The molecule has 0 atom stereocenters. The number of esters is 1. The number of halogens is 1. The zero-order valence-electron chi connectivity index (χ0n) is 22.6. The van der Waals surface area contributed by atoms with Gasteiger partial charge in [-0.2, -0.15) is 5.10 Å². The van der Waals surface area contributed by atoms with Crippen molar-refractivity contribution in [3.8, 4) is 28.3 Å². The summed E-state index contributed by atoms with van der Waals surface area (Å²) in [6, 6.07) is 38.8. The van der Waals surface area contributed by atoms with Gasteiger partial charge in [0, 0.05) is 21.2 Å². The number of hydrogen-bond acceptors (Lipinski definition) is 6. The van der Waals surface area contributed by atoms with Gasteiger partial charge in [-0.3, -0.25) is 4.79 Å². The lowest BCUT2D eigenvalue weighted by Gasteiger charge is -2.11. The van der Waals surface area contributed by atoms with E-state index < -0.39 is 5.97 Å². The Labute approximate surface area is 256 Å². The second-order valence-corrected chi connectivity index (χ2v) is 10.4. The topological polar surface area (TPSA) is 93.5 Å². The second-order valence-electron chi connectivity index (χ2n) is 9.52. The zero-order chi connectivity index (χ0) is 29.6. The predicted octanol–water partition coefficient (Wildman–Crippen LogP) is 7.71. The second kappa shape index (κ2) is 12.6. The van der Waals surface area contributed by atoms with Crippen LogP contribution in [0.3, 0.4) is 0 Å². The molecule has 1 N–H and O–H groups in total. The van der Waals surface area contributed by atoms with Crippen LogP contribution in [0.1, 0.15) is 26.3 Å². The number of hydrazone groups is 1. The number of rotatable bonds is 7. The minimum atomic E-state index is -0.514. The molecular formula is C35H23BrN4O3. The van der Waals surface area contributed by atoms with Crippen LogP contribution >= 0.6 is 15.9 Å². The molecule has 0 aliphatic carbocycles. The van der Waals surface area contributed by atoms with Crippen molar-refractivity contribution in [2.24, 2.45) is 5.10 Å². The normalized spacial score (nSPS) is 11.0. The van der Waals surface area contributed by atoms with Gasteiger partial charge in [-0.1, -0.05) is 82.7 Å². The summed E-state index contributed by atoms with van der Waals surface area (Å²) in [7, 11) is 0. The first-order chi connectivity index (χ1) is 21.0. The van der Waals surface area contributed by atoms with Crippen molar-refractivity contribution in [2.45, 2.75) is 0 Å². The van der Waals surface area contributed by atoms with E-state index in [2.05, 4.69) is 26.5 Å². The first-order valence-corrected chi connectivity index (χ1v) is 14.2. The number of amides is 1. The standard InChI is InChI=1S/C35H23BrN4O3/c36-28-13-7-12-26(20-28)34(41)40-37-22-23-14-17-29(18-15-23)43-35(42)27-16-19-30-31(21-27)39-33(25-10-5-2-6-11-25)32(38-30)24-8-3-1-4-9-24/h1-22H,(H,40,41)/b37-22-. The molecule has 0 fully saturated rings. The van der Waals surface area contributed by atoms with Gasteiger partial charge in [-0.25, -0.2) is 20.2 Å². The van der Waals surface area contributed by atoms with E-state index in [-0.39, 0.29) is 5.91 Å². The Hall–Kier alpha value is -5.47. The van der Waals surface area contributed by atoms with Crippen LogP contribution in [0.4, 0.5) is 0 Å². The lowest BCUT2D eigenvalue weighted by atomic mass is 10.0. The number of ether oxygens (including phenoxy) is 1. The van der Waals surface area contributed by atoms with E-state index in [0.717, 1.165) is 32.6 Å². The number of benzene rings is 5. The molecule has 208 valence electrons. The summed E-state index contributed by atoms with van der Waals surface area (Å²) >= 11 is 3.35. The van der Waals surface area contributed by atoms with E-state index in [1.807, 2.05) is 66.7 Å². The Balaban J connectivity index is 1.18. The minimum absolute atomic E-state index is 0.324. The molecule has 0 bridgehead atoms. The van der Waals surface area contributed by atoms with Crippen molar-refractivity contribution >= 4 is 45.1 Å². The van der Waals surface area contributed by atoms with Crippen LogP contribution in [0.15, 0.2) is 137 Å². The Morgan fingerprint density at radius 1 is 0.674 bits per heavy atom. The molecule has 0 saturated heterocycles. The lowest BCUT2D eigenvalue weighted by molar-refractivity contribution is 0.0734. The summed E-state index contributed by atoms with van der Waals surface area (Å²) in [5.41, 5.74) is 8.71. The summed E-state index contributed by atoms with van der Waals surface area (Å²) in [5, 5.41) is 4.01. The van der Waals surface area contributed by atoms with Gasteiger partial charge in [0.2, 0.25) is 0 Å². The van der Waals surface area contributed by atoms with Crippen LogP contribution in [0, 0.1) is 0 Å². The van der Waals surface area contributed by atoms with E-state index >= 15 is 0 Å². The highest BCUT2D eigenvalue weighted by atomic mass is 79.9. The van der Waals surface area contributed by atoms with Crippen molar-refractivity contribution in [1.29, 1.82) is 0 Å². The van der Waals surface area contributed by atoms with Crippen molar-refractivity contribution in [3.63, 3.8) is 0 Å². The molecule has 1 heterocycles. The van der Waals surface area contributed by atoms with E-state index in [9.17, 15) is 9.59 Å². The fourth-order valence-electron chi connectivity index (χ4n) is 4.42. The van der Waals surface area contributed by atoms with Crippen LogP contribution in [-0.2, 0) is 0 Å². The Morgan fingerprint density at radius 3 is 1.98 bits per heavy atom. The Bertz CT molecular complexity index is 1960. The highest BCUT2D eigenvalue weighted by Gasteiger charge is 2.16. The van der Waals surface area contributed by atoms with Crippen molar-refractivity contribution in [2.75, 3.05) is 0 Å². The first kappa shape index (κ1) is 27.7. The number of carbonyl (C=O) groups is 2. The van der Waals surface area contributed by atoms with Crippen molar-refractivity contribution < 1.29 is 14.3 Å². The molecule has 0 saturated carbocycles. The van der Waals surface area contributed by atoms with Gasteiger partial charge in [-0.15, -0.1) is 0 Å². The van der Waals surface area contributed by atoms with Gasteiger partial charge in [0.15, 0.2) is 0 Å². The Morgan fingerprint density at radius 2 is 1.33 bits per heavy atom. The quantitative estimate of drug-likeness (QED) is 0.0847. The van der Waals surface area contributed by atoms with Crippen molar-refractivity contribution in [3.05, 3.63) is 149 Å². The number of hydrogen-bond donors (Lipinski definition) is 1. The largest absolute Gasteiger partial charge is 0.423 e. The minimum Gasteiger partial charge on any atom is -0.423 e. The molecule has 0 unspecified atom stereocenters.